The lowest BCUT2D eigenvalue weighted by molar-refractivity contribution is -0.115. The first-order chi connectivity index (χ1) is 13.3. The second-order valence-corrected chi connectivity index (χ2v) is 8.12. The predicted octanol–water partition coefficient (Wildman–Crippen LogP) is 4.03. The SMILES string of the molecule is O=C(Cc1ccccc1)Nc1cc(S(=O)(=O)Nc2cccc(Cl)c2)ccc1O. The maximum absolute atomic E-state index is 12.6. The Morgan fingerprint density at radius 3 is 2.43 bits per heavy atom. The number of benzene rings is 3. The van der Waals surface area contributed by atoms with E-state index in [9.17, 15) is 18.3 Å². The number of nitrogens with one attached hydrogen (secondary N) is 2. The highest BCUT2D eigenvalue weighted by atomic mass is 35.5. The van der Waals surface area contributed by atoms with Gasteiger partial charge in [0.05, 0.1) is 22.7 Å². The smallest absolute Gasteiger partial charge is 0.261 e. The third-order valence-electron chi connectivity index (χ3n) is 3.84. The molecule has 0 atom stereocenters. The molecule has 8 heteroatoms. The van der Waals surface area contributed by atoms with Crippen LogP contribution in [0.4, 0.5) is 11.4 Å². The maximum Gasteiger partial charge on any atom is 0.261 e. The molecule has 0 spiro atoms. The van der Waals surface area contributed by atoms with Crippen molar-refractivity contribution in [1.29, 1.82) is 0 Å². The summed E-state index contributed by atoms with van der Waals surface area (Å²) in [6.45, 7) is 0. The molecule has 0 aliphatic heterocycles. The summed E-state index contributed by atoms with van der Waals surface area (Å²) in [5.41, 5.74) is 1.11. The molecule has 0 aromatic heterocycles. The fraction of sp³-hybridized carbons (Fsp3) is 0.0500. The zero-order valence-corrected chi connectivity index (χ0v) is 16.2. The number of halogens is 1. The standard InChI is InChI=1S/C20H17ClN2O4S/c21-15-7-4-8-16(12-15)23-28(26,27)17-9-10-19(24)18(13-17)22-20(25)11-14-5-2-1-3-6-14/h1-10,12-13,23-24H,11H2,(H,22,25). The Morgan fingerprint density at radius 1 is 0.964 bits per heavy atom. The Labute approximate surface area is 167 Å². The predicted molar refractivity (Wildman–Crippen MR) is 109 cm³/mol. The zero-order chi connectivity index (χ0) is 20.1. The molecule has 0 heterocycles. The van der Waals surface area contributed by atoms with Crippen molar-refractivity contribution in [3.8, 4) is 5.75 Å². The topological polar surface area (TPSA) is 95.5 Å². The number of hydrogen-bond acceptors (Lipinski definition) is 4. The van der Waals surface area contributed by atoms with Gasteiger partial charge in [-0.25, -0.2) is 8.42 Å². The second kappa shape index (κ2) is 8.33. The third-order valence-corrected chi connectivity index (χ3v) is 5.45. The molecular weight excluding hydrogens is 400 g/mol. The Bertz CT molecular complexity index is 1100. The van der Waals surface area contributed by atoms with Gasteiger partial charge in [0.1, 0.15) is 5.75 Å². The molecule has 0 radical (unpaired) electrons. The van der Waals surface area contributed by atoms with Crippen molar-refractivity contribution >= 4 is 38.9 Å². The first-order valence-corrected chi connectivity index (χ1v) is 10.1. The number of carbonyl (C=O) groups is 1. The summed E-state index contributed by atoms with van der Waals surface area (Å²) >= 11 is 5.87. The molecule has 0 saturated heterocycles. The van der Waals surface area contributed by atoms with Gasteiger partial charge in [-0.2, -0.15) is 0 Å². The first-order valence-electron chi connectivity index (χ1n) is 8.29. The average Bonchev–Trinajstić information content (AvgIpc) is 2.64. The van der Waals surface area contributed by atoms with Crippen LogP contribution in [0.25, 0.3) is 0 Å². The fourth-order valence-electron chi connectivity index (χ4n) is 2.52. The number of phenolic OH excluding ortho intramolecular Hbond substituents is 1. The van der Waals surface area contributed by atoms with Crippen LogP contribution in [0, 0.1) is 0 Å². The molecular formula is C20H17ClN2O4S. The fourth-order valence-corrected chi connectivity index (χ4v) is 3.79. The van der Waals surface area contributed by atoms with Crippen LogP contribution in [-0.4, -0.2) is 19.4 Å². The van der Waals surface area contributed by atoms with Gasteiger partial charge in [0.15, 0.2) is 0 Å². The van der Waals surface area contributed by atoms with E-state index in [2.05, 4.69) is 10.0 Å². The van der Waals surface area contributed by atoms with E-state index in [0.29, 0.717) is 10.7 Å². The zero-order valence-electron chi connectivity index (χ0n) is 14.6. The maximum atomic E-state index is 12.6. The number of sulfonamides is 1. The van der Waals surface area contributed by atoms with Crippen LogP contribution in [0.5, 0.6) is 5.75 Å². The highest BCUT2D eigenvalue weighted by Crippen LogP contribution is 2.28. The summed E-state index contributed by atoms with van der Waals surface area (Å²) in [6, 6.07) is 19.0. The number of aromatic hydroxyl groups is 1. The molecule has 3 N–H and O–H groups in total. The molecule has 0 aliphatic rings. The molecule has 6 nitrogen and oxygen atoms in total. The Morgan fingerprint density at radius 2 is 1.71 bits per heavy atom. The van der Waals surface area contributed by atoms with E-state index in [0.717, 1.165) is 5.56 Å². The third kappa shape index (κ3) is 5.03. The minimum Gasteiger partial charge on any atom is -0.506 e. The van der Waals surface area contributed by atoms with Gasteiger partial charge in [-0.3, -0.25) is 9.52 Å². The van der Waals surface area contributed by atoms with E-state index in [1.165, 1.54) is 24.3 Å². The van der Waals surface area contributed by atoms with Crippen LogP contribution < -0.4 is 10.0 Å². The van der Waals surface area contributed by atoms with Gasteiger partial charge >= 0.3 is 0 Å². The summed E-state index contributed by atoms with van der Waals surface area (Å²) in [6.07, 6.45) is 0.0953. The normalized spacial score (nSPS) is 11.0. The van der Waals surface area contributed by atoms with Crippen LogP contribution in [0.15, 0.2) is 77.7 Å². The van der Waals surface area contributed by atoms with Crippen molar-refractivity contribution in [2.24, 2.45) is 0 Å². The summed E-state index contributed by atoms with van der Waals surface area (Å²) in [4.78, 5) is 12.1. The molecule has 0 fully saturated rings. The monoisotopic (exact) mass is 416 g/mol. The Kier molecular flexibility index (Phi) is 5.87. The number of hydrogen-bond donors (Lipinski definition) is 3. The van der Waals surface area contributed by atoms with Gasteiger partial charge in [-0.15, -0.1) is 0 Å². The second-order valence-electron chi connectivity index (χ2n) is 6.01. The van der Waals surface area contributed by atoms with E-state index < -0.39 is 10.0 Å². The van der Waals surface area contributed by atoms with Crippen molar-refractivity contribution in [3.63, 3.8) is 0 Å². The van der Waals surface area contributed by atoms with Crippen LogP contribution in [0.1, 0.15) is 5.56 Å². The lowest BCUT2D eigenvalue weighted by Crippen LogP contribution is -2.16. The summed E-state index contributed by atoms with van der Waals surface area (Å²) in [7, 11) is -3.94. The van der Waals surface area contributed by atoms with Crippen LogP contribution in [-0.2, 0) is 21.2 Å². The number of amides is 1. The molecule has 0 unspecified atom stereocenters. The average molecular weight is 417 g/mol. The highest BCUT2D eigenvalue weighted by Gasteiger charge is 2.17. The molecule has 0 aliphatic carbocycles. The number of rotatable bonds is 6. The Balaban J connectivity index is 1.79. The Hall–Kier alpha value is -3.03. The van der Waals surface area contributed by atoms with Crippen molar-refractivity contribution in [2.45, 2.75) is 11.3 Å². The van der Waals surface area contributed by atoms with Crippen LogP contribution >= 0.6 is 11.6 Å². The lowest BCUT2D eigenvalue weighted by Gasteiger charge is -2.12. The van der Waals surface area contributed by atoms with E-state index in [4.69, 9.17) is 11.6 Å². The van der Waals surface area contributed by atoms with E-state index >= 15 is 0 Å². The molecule has 28 heavy (non-hydrogen) atoms. The van der Waals surface area contributed by atoms with Crippen molar-refractivity contribution in [2.75, 3.05) is 10.0 Å². The summed E-state index contributed by atoms with van der Waals surface area (Å²) in [5, 5.41) is 12.9. The van der Waals surface area contributed by atoms with E-state index in [-0.39, 0.29) is 28.7 Å². The molecule has 144 valence electrons. The van der Waals surface area contributed by atoms with Gasteiger partial charge in [-0.05, 0) is 42.0 Å². The molecule has 0 bridgehead atoms. The van der Waals surface area contributed by atoms with Crippen LogP contribution in [0.2, 0.25) is 5.02 Å². The van der Waals surface area contributed by atoms with Gasteiger partial charge in [0, 0.05) is 5.02 Å². The molecule has 3 rings (SSSR count). The summed E-state index contributed by atoms with van der Waals surface area (Å²) < 4.78 is 27.6. The summed E-state index contributed by atoms with van der Waals surface area (Å²) in [5.74, 6) is -0.609. The minimum absolute atomic E-state index is 0.00917. The number of phenols is 1. The number of anilines is 2. The van der Waals surface area contributed by atoms with Gasteiger partial charge in [-0.1, -0.05) is 48.0 Å². The highest BCUT2D eigenvalue weighted by molar-refractivity contribution is 7.92. The van der Waals surface area contributed by atoms with Crippen molar-refractivity contribution in [1.82, 2.24) is 0 Å². The lowest BCUT2D eigenvalue weighted by atomic mass is 10.1. The molecule has 3 aromatic carbocycles. The van der Waals surface area contributed by atoms with Crippen molar-refractivity contribution in [3.05, 3.63) is 83.4 Å². The van der Waals surface area contributed by atoms with Crippen LogP contribution in [0.3, 0.4) is 0 Å². The first kappa shape index (κ1) is 19.7. The van der Waals surface area contributed by atoms with Gasteiger partial charge in [0.25, 0.3) is 10.0 Å². The largest absolute Gasteiger partial charge is 0.506 e. The molecule has 3 aromatic rings. The molecule has 0 saturated carbocycles. The van der Waals surface area contributed by atoms with Gasteiger partial charge < -0.3 is 10.4 Å². The molecule has 1 amide bonds. The quantitative estimate of drug-likeness (QED) is 0.528. The minimum atomic E-state index is -3.94. The van der Waals surface area contributed by atoms with E-state index in [1.54, 1.807) is 30.3 Å². The van der Waals surface area contributed by atoms with Crippen molar-refractivity contribution < 1.29 is 18.3 Å². The number of carbonyl (C=O) groups excluding carboxylic acids is 1. The van der Waals surface area contributed by atoms with E-state index in [1.807, 2.05) is 18.2 Å². The van der Waals surface area contributed by atoms with Gasteiger partial charge in [0.2, 0.25) is 5.91 Å².